The number of nitrogens with zero attached hydrogens (tertiary/aromatic N) is 2. The summed E-state index contributed by atoms with van der Waals surface area (Å²) in [6.45, 7) is 0.441. The highest BCUT2D eigenvalue weighted by atomic mass is 16.5. The minimum Gasteiger partial charge on any atom is -0.467 e. The molecule has 26 heavy (non-hydrogen) atoms. The second kappa shape index (κ2) is 6.51. The Morgan fingerprint density at radius 3 is 2.85 bits per heavy atom. The molecule has 4 rings (SSSR count). The Morgan fingerprint density at radius 2 is 2.15 bits per heavy atom. The molecular weight excluding hydrogens is 334 g/mol. The summed E-state index contributed by atoms with van der Waals surface area (Å²) in [6.07, 6.45) is 3.71. The topological polar surface area (TPSA) is 86.4 Å². The van der Waals surface area contributed by atoms with Gasteiger partial charge in [-0.2, -0.15) is 5.10 Å². The minimum atomic E-state index is -0.384. The first-order valence-corrected chi connectivity index (χ1v) is 8.22. The van der Waals surface area contributed by atoms with E-state index in [1.165, 1.54) is 7.11 Å². The lowest BCUT2D eigenvalue weighted by atomic mass is 9.87. The third-order valence-electron chi connectivity index (χ3n) is 4.51. The monoisotopic (exact) mass is 351 g/mol. The highest BCUT2D eigenvalue weighted by Gasteiger charge is 2.30. The van der Waals surface area contributed by atoms with E-state index in [0.717, 1.165) is 16.9 Å². The maximum absolute atomic E-state index is 12.2. The third kappa shape index (κ3) is 2.88. The number of anilines is 1. The van der Waals surface area contributed by atoms with Crippen LogP contribution in [0.15, 0.2) is 53.3 Å². The maximum atomic E-state index is 12.2. The van der Waals surface area contributed by atoms with Crippen molar-refractivity contribution in [1.29, 1.82) is 0 Å². The smallest absolute Gasteiger partial charge is 0.337 e. The van der Waals surface area contributed by atoms with Gasteiger partial charge < -0.3 is 14.5 Å². The molecule has 7 heteroatoms. The number of nitrogens with one attached hydrogen (secondary N) is 1. The molecular formula is C19H17N3O4. The number of rotatable bonds is 4. The summed E-state index contributed by atoms with van der Waals surface area (Å²) in [5, 5.41) is 7.31. The van der Waals surface area contributed by atoms with Crippen molar-refractivity contribution in [3.05, 3.63) is 71.3 Å². The number of carbonyl (C=O) groups is 2. The van der Waals surface area contributed by atoms with Crippen LogP contribution in [0.2, 0.25) is 0 Å². The van der Waals surface area contributed by atoms with Crippen molar-refractivity contribution in [2.24, 2.45) is 0 Å². The summed E-state index contributed by atoms with van der Waals surface area (Å²) in [4.78, 5) is 23.8. The van der Waals surface area contributed by atoms with Crippen molar-refractivity contribution in [3.8, 4) is 0 Å². The van der Waals surface area contributed by atoms with Gasteiger partial charge in [0.25, 0.3) is 0 Å². The lowest BCUT2D eigenvalue weighted by molar-refractivity contribution is -0.116. The summed E-state index contributed by atoms with van der Waals surface area (Å²) in [5.41, 5.74) is 2.37. The maximum Gasteiger partial charge on any atom is 0.337 e. The van der Waals surface area contributed by atoms with E-state index < -0.39 is 0 Å². The number of methoxy groups -OCH3 is 1. The number of aromatic nitrogens is 2. The molecule has 0 aliphatic carbocycles. The van der Waals surface area contributed by atoms with Gasteiger partial charge in [-0.25, -0.2) is 9.48 Å². The van der Waals surface area contributed by atoms with Gasteiger partial charge in [-0.05, 0) is 29.8 Å². The molecule has 0 bridgehead atoms. The van der Waals surface area contributed by atoms with Crippen LogP contribution in [0.25, 0.3) is 0 Å². The zero-order valence-corrected chi connectivity index (χ0v) is 14.1. The minimum absolute atomic E-state index is 0.0688. The van der Waals surface area contributed by atoms with Gasteiger partial charge in [-0.15, -0.1) is 0 Å². The van der Waals surface area contributed by atoms with Gasteiger partial charge in [0.15, 0.2) is 0 Å². The van der Waals surface area contributed by atoms with Crippen LogP contribution in [0.5, 0.6) is 0 Å². The summed E-state index contributed by atoms with van der Waals surface area (Å²) < 4.78 is 11.8. The van der Waals surface area contributed by atoms with Crippen molar-refractivity contribution >= 4 is 17.7 Å². The Hall–Kier alpha value is -3.35. The molecule has 0 saturated carbocycles. The molecule has 1 aliphatic heterocycles. The fourth-order valence-corrected chi connectivity index (χ4v) is 3.21. The Morgan fingerprint density at radius 1 is 1.35 bits per heavy atom. The lowest BCUT2D eigenvalue weighted by Gasteiger charge is -2.23. The van der Waals surface area contributed by atoms with E-state index in [1.54, 1.807) is 29.3 Å². The van der Waals surface area contributed by atoms with Crippen molar-refractivity contribution < 1.29 is 18.7 Å². The van der Waals surface area contributed by atoms with E-state index in [-0.39, 0.29) is 17.8 Å². The van der Waals surface area contributed by atoms with Crippen LogP contribution < -0.4 is 5.32 Å². The largest absolute Gasteiger partial charge is 0.467 e. The number of benzene rings is 1. The molecule has 1 atom stereocenters. The van der Waals surface area contributed by atoms with E-state index in [0.29, 0.717) is 24.3 Å². The molecule has 0 radical (unpaired) electrons. The molecule has 1 N–H and O–H groups in total. The SMILES string of the molecule is COC(=O)c1ccc([C@H]2CC(=O)Nc3c2cnn3Cc2ccco2)cc1. The first-order chi connectivity index (χ1) is 12.7. The summed E-state index contributed by atoms with van der Waals surface area (Å²) in [7, 11) is 1.35. The number of hydrogen-bond acceptors (Lipinski definition) is 5. The molecule has 2 aromatic heterocycles. The predicted octanol–water partition coefficient (Wildman–Crippen LogP) is 2.79. The number of fused-ring (bicyclic) bond motifs is 1. The van der Waals surface area contributed by atoms with Crippen molar-refractivity contribution in [3.63, 3.8) is 0 Å². The molecule has 132 valence electrons. The van der Waals surface area contributed by atoms with Gasteiger partial charge in [0.05, 0.1) is 25.1 Å². The Bertz CT molecular complexity index is 942. The average molecular weight is 351 g/mol. The number of carbonyl (C=O) groups excluding carboxylic acids is 2. The van der Waals surface area contributed by atoms with Crippen LogP contribution in [0.1, 0.15) is 39.6 Å². The van der Waals surface area contributed by atoms with E-state index >= 15 is 0 Å². The summed E-state index contributed by atoms with van der Waals surface area (Å²) in [6, 6.07) is 10.8. The van der Waals surface area contributed by atoms with Crippen LogP contribution in [0, 0.1) is 0 Å². The first kappa shape index (κ1) is 16.1. The van der Waals surface area contributed by atoms with Gasteiger partial charge in [0.1, 0.15) is 18.1 Å². The third-order valence-corrected chi connectivity index (χ3v) is 4.51. The Balaban J connectivity index is 1.66. The zero-order valence-electron chi connectivity index (χ0n) is 14.1. The molecule has 0 unspecified atom stereocenters. The average Bonchev–Trinajstić information content (AvgIpc) is 3.31. The van der Waals surface area contributed by atoms with Gasteiger partial charge in [0, 0.05) is 17.9 Å². The molecule has 0 fully saturated rings. The number of esters is 1. The lowest BCUT2D eigenvalue weighted by Crippen LogP contribution is -2.25. The van der Waals surface area contributed by atoms with Crippen LogP contribution >= 0.6 is 0 Å². The number of amides is 1. The fraction of sp³-hybridized carbons (Fsp3) is 0.211. The highest BCUT2D eigenvalue weighted by molar-refractivity contribution is 5.94. The predicted molar refractivity (Wildman–Crippen MR) is 92.9 cm³/mol. The number of hydrogen-bond donors (Lipinski definition) is 1. The van der Waals surface area contributed by atoms with Crippen LogP contribution in [0.3, 0.4) is 0 Å². The number of ether oxygens (including phenoxy) is 1. The van der Waals surface area contributed by atoms with E-state index in [1.807, 2.05) is 24.3 Å². The molecule has 3 aromatic rings. The van der Waals surface area contributed by atoms with Crippen LogP contribution in [-0.4, -0.2) is 28.8 Å². The van der Waals surface area contributed by atoms with Crippen LogP contribution in [-0.2, 0) is 16.1 Å². The second-order valence-corrected chi connectivity index (χ2v) is 6.10. The quantitative estimate of drug-likeness (QED) is 0.731. The Labute approximate surface area is 149 Å². The molecule has 0 saturated heterocycles. The normalized spacial score (nSPS) is 16.0. The summed E-state index contributed by atoms with van der Waals surface area (Å²) in [5.74, 6) is 0.871. The molecule has 3 heterocycles. The molecule has 0 spiro atoms. The van der Waals surface area contributed by atoms with Gasteiger partial charge in [-0.1, -0.05) is 12.1 Å². The van der Waals surface area contributed by atoms with Gasteiger partial charge in [-0.3, -0.25) is 4.79 Å². The van der Waals surface area contributed by atoms with E-state index in [4.69, 9.17) is 9.15 Å². The van der Waals surface area contributed by atoms with Crippen molar-refractivity contribution in [1.82, 2.24) is 9.78 Å². The highest BCUT2D eigenvalue weighted by Crippen LogP contribution is 2.37. The van der Waals surface area contributed by atoms with Gasteiger partial charge >= 0.3 is 5.97 Å². The van der Waals surface area contributed by atoms with Crippen LogP contribution in [0.4, 0.5) is 5.82 Å². The standard InChI is InChI=1S/C19H17N3O4/c1-25-19(24)13-6-4-12(5-7-13)15-9-17(23)21-18-16(15)10-20-22(18)11-14-3-2-8-26-14/h2-8,10,15H,9,11H2,1H3,(H,21,23)/t15-/m1/s1. The Kier molecular flexibility index (Phi) is 4.04. The van der Waals surface area contributed by atoms with E-state index in [2.05, 4.69) is 10.4 Å². The molecule has 1 amide bonds. The van der Waals surface area contributed by atoms with Crippen molar-refractivity contribution in [2.45, 2.75) is 18.9 Å². The number of furan rings is 1. The zero-order chi connectivity index (χ0) is 18.1. The second-order valence-electron chi connectivity index (χ2n) is 6.10. The molecule has 7 nitrogen and oxygen atoms in total. The van der Waals surface area contributed by atoms with Gasteiger partial charge in [0.2, 0.25) is 5.91 Å². The summed E-state index contributed by atoms with van der Waals surface area (Å²) >= 11 is 0. The first-order valence-electron chi connectivity index (χ1n) is 8.22. The van der Waals surface area contributed by atoms with E-state index in [9.17, 15) is 9.59 Å². The molecule has 1 aliphatic rings. The molecule has 1 aromatic carbocycles. The fourth-order valence-electron chi connectivity index (χ4n) is 3.21. The van der Waals surface area contributed by atoms with Crippen molar-refractivity contribution in [2.75, 3.05) is 12.4 Å².